The summed E-state index contributed by atoms with van der Waals surface area (Å²) in [5.41, 5.74) is 0. The third-order valence-corrected chi connectivity index (χ3v) is 3.34. The van der Waals surface area contributed by atoms with E-state index >= 15 is 0 Å². The van der Waals surface area contributed by atoms with Gasteiger partial charge in [-0.15, -0.1) is 0 Å². The zero-order valence-electron chi connectivity index (χ0n) is 15.9. The van der Waals surface area contributed by atoms with E-state index in [1.807, 2.05) is 6.08 Å². The van der Waals surface area contributed by atoms with E-state index in [0.29, 0.717) is 6.42 Å². The van der Waals surface area contributed by atoms with Crippen LogP contribution in [0, 0.1) is 0 Å². The summed E-state index contributed by atoms with van der Waals surface area (Å²) in [6.07, 6.45) is 33.3. The van der Waals surface area contributed by atoms with E-state index in [-0.39, 0.29) is 5.97 Å². The zero-order chi connectivity index (χ0) is 18.4. The second-order valence-electron chi connectivity index (χ2n) is 5.53. The summed E-state index contributed by atoms with van der Waals surface area (Å²) < 4.78 is 4.58. The summed E-state index contributed by atoms with van der Waals surface area (Å²) in [5, 5.41) is 0. The van der Waals surface area contributed by atoms with Crippen molar-refractivity contribution >= 4 is 5.97 Å². The highest BCUT2D eigenvalue weighted by atomic mass is 16.5. The van der Waals surface area contributed by atoms with Crippen molar-refractivity contribution in [3.8, 4) is 0 Å². The summed E-state index contributed by atoms with van der Waals surface area (Å²) in [7, 11) is 1.42. The summed E-state index contributed by atoms with van der Waals surface area (Å²) in [6.45, 7) is 2.15. The van der Waals surface area contributed by atoms with Crippen molar-refractivity contribution in [2.24, 2.45) is 0 Å². The minimum Gasteiger partial charge on any atom is -0.469 e. The van der Waals surface area contributed by atoms with E-state index in [0.717, 1.165) is 44.9 Å². The van der Waals surface area contributed by atoms with E-state index in [1.165, 1.54) is 7.11 Å². The number of ether oxygens (including phenoxy) is 1. The zero-order valence-corrected chi connectivity index (χ0v) is 15.9. The van der Waals surface area contributed by atoms with Crippen LogP contribution in [0.5, 0.6) is 0 Å². The third kappa shape index (κ3) is 19.9. The predicted molar refractivity (Wildman–Crippen MR) is 109 cm³/mol. The summed E-state index contributed by atoms with van der Waals surface area (Å²) in [6, 6.07) is 0. The Morgan fingerprint density at radius 3 is 1.36 bits per heavy atom. The average Bonchev–Trinajstić information content (AvgIpc) is 2.63. The molecule has 2 heteroatoms. The molecule has 0 saturated heterocycles. The highest BCUT2D eigenvalue weighted by Gasteiger charge is 1.94. The minimum absolute atomic E-state index is 0.153. The first-order valence-corrected chi connectivity index (χ1v) is 9.28. The molecule has 0 aromatic rings. The lowest BCUT2D eigenvalue weighted by atomic mass is 10.2. The van der Waals surface area contributed by atoms with E-state index in [1.54, 1.807) is 0 Å². The van der Waals surface area contributed by atoms with Crippen LogP contribution < -0.4 is 0 Å². The molecule has 0 rings (SSSR count). The predicted octanol–water partition coefficient (Wildman–Crippen LogP) is 6.64. The third-order valence-electron chi connectivity index (χ3n) is 3.34. The first kappa shape index (κ1) is 22.9. The molecule has 0 saturated carbocycles. The maximum absolute atomic E-state index is 10.9. The van der Waals surface area contributed by atoms with Gasteiger partial charge in [0, 0.05) is 6.42 Å². The molecule has 0 amide bonds. The second-order valence-corrected chi connectivity index (χ2v) is 5.53. The topological polar surface area (TPSA) is 26.3 Å². The fourth-order valence-electron chi connectivity index (χ4n) is 1.94. The molecule has 0 bridgehead atoms. The van der Waals surface area contributed by atoms with Gasteiger partial charge in [-0.3, -0.25) is 4.79 Å². The van der Waals surface area contributed by atoms with Crippen LogP contribution >= 0.6 is 0 Å². The van der Waals surface area contributed by atoms with Gasteiger partial charge in [0.25, 0.3) is 0 Å². The maximum atomic E-state index is 10.9. The van der Waals surface area contributed by atoms with Gasteiger partial charge in [-0.25, -0.2) is 0 Å². The molecule has 25 heavy (non-hydrogen) atoms. The number of rotatable bonds is 14. The molecule has 0 heterocycles. The van der Waals surface area contributed by atoms with Crippen LogP contribution in [0.2, 0.25) is 0 Å². The Balaban J connectivity index is 3.53. The largest absolute Gasteiger partial charge is 0.469 e. The second kappa shape index (κ2) is 20.0. The van der Waals surface area contributed by atoms with Crippen LogP contribution in [0.25, 0.3) is 0 Å². The van der Waals surface area contributed by atoms with Crippen LogP contribution in [0.3, 0.4) is 0 Å². The fourth-order valence-corrected chi connectivity index (χ4v) is 1.94. The molecule has 0 aliphatic carbocycles. The van der Waals surface area contributed by atoms with E-state index in [2.05, 4.69) is 78.5 Å². The molecule has 0 aliphatic rings. The first-order valence-electron chi connectivity index (χ1n) is 9.28. The number of carbonyl (C=O) groups is 1. The fraction of sp³-hybridized carbons (Fsp3) is 0.435. The van der Waals surface area contributed by atoms with Crippen molar-refractivity contribution in [3.63, 3.8) is 0 Å². The van der Waals surface area contributed by atoms with Crippen molar-refractivity contribution < 1.29 is 9.53 Å². The van der Waals surface area contributed by atoms with Crippen LogP contribution in [0.15, 0.2) is 72.9 Å². The lowest BCUT2D eigenvalue weighted by Gasteiger charge is -1.93. The highest BCUT2D eigenvalue weighted by molar-refractivity contribution is 5.69. The Labute approximate surface area is 154 Å². The lowest BCUT2D eigenvalue weighted by Crippen LogP contribution is -1.97. The molecule has 0 atom stereocenters. The molecule has 0 aromatic carbocycles. The Morgan fingerprint density at radius 2 is 1.00 bits per heavy atom. The van der Waals surface area contributed by atoms with Crippen molar-refractivity contribution in [2.45, 2.75) is 58.3 Å². The van der Waals surface area contributed by atoms with Crippen molar-refractivity contribution in [2.75, 3.05) is 7.11 Å². The van der Waals surface area contributed by atoms with Crippen LogP contribution in [-0.2, 0) is 9.53 Å². The van der Waals surface area contributed by atoms with Gasteiger partial charge in [0.1, 0.15) is 0 Å². The summed E-state index contributed by atoms with van der Waals surface area (Å²) in [4.78, 5) is 10.9. The van der Waals surface area contributed by atoms with Gasteiger partial charge < -0.3 is 4.74 Å². The molecule has 0 aromatic heterocycles. The van der Waals surface area contributed by atoms with Crippen molar-refractivity contribution in [3.05, 3.63) is 72.9 Å². The Kier molecular flexibility index (Phi) is 18.3. The summed E-state index contributed by atoms with van der Waals surface area (Å²) in [5.74, 6) is -0.153. The smallest absolute Gasteiger partial charge is 0.305 e. The van der Waals surface area contributed by atoms with Gasteiger partial charge in [0.15, 0.2) is 0 Å². The number of allylic oxidation sites excluding steroid dienone is 12. The average molecular weight is 343 g/mol. The van der Waals surface area contributed by atoms with Crippen molar-refractivity contribution in [1.82, 2.24) is 0 Å². The summed E-state index contributed by atoms with van der Waals surface area (Å²) >= 11 is 0. The molecule has 0 aliphatic heterocycles. The standard InChI is InChI=1S/C23H34O2/c1-3-4-5-6-7-8-9-10-11-12-13-14-15-16-17-18-19-20-21-22-23(24)25-2/h4-5,7-8,10-11,13-14,16-17,19-20H,3,6,9,12,15,18,21-22H2,1-2H3/b5-4+,8-7+,11-10+,14-13+,17-16-,20-19+. The number of carbonyl (C=O) groups excluding carboxylic acids is 1. The molecule has 138 valence electrons. The normalized spacial score (nSPS) is 12.9. The highest BCUT2D eigenvalue weighted by Crippen LogP contribution is 1.98. The van der Waals surface area contributed by atoms with Gasteiger partial charge in [0.05, 0.1) is 7.11 Å². The quantitative estimate of drug-likeness (QED) is 0.261. The monoisotopic (exact) mass is 342 g/mol. The first-order chi connectivity index (χ1) is 12.3. The van der Waals surface area contributed by atoms with Crippen LogP contribution in [0.4, 0.5) is 0 Å². The molecule has 0 fully saturated rings. The van der Waals surface area contributed by atoms with Gasteiger partial charge in [-0.05, 0) is 44.9 Å². The van der Waals surface area contributed by atoms with Gasteiger partial charge in [0.2, 0.25) is 0 Å². The molecular formula is C23H34O2. The number of hydrogen-bond acceptors (Lipinski definition) is 2. The Morgan fingerprint density at radius 1 is 0.640 bits per heavy atom. The van der Waals surface area contributed by atoms with Crippen molar-refractivity contribution in [1.29, 1.82) is 0 Å². The maximum Gasteiger partial charge on any atom is 0.305 e. The SMILES string of the molecule is CC/C=C/C/C=C/C/C=C/C/C=C/C/C=C\C/C=C/CCC(=O)OC. The number of hydrogen-bond donors (Lipinski definition) is 0. The van der Waals surface area contributed by atoms with Gasteiger partial charge in [-0.1, -0.05) is 79.8 Å². The van der Waals surface area contributed by atoms with Crippen LogP contribution in [-0.4, -0.2) is 13.1 Å². The van der Waals surface area contributed by atoms with Gasteiger partial charge >= 0.3 is 5.97 Å². The number of esters is 1. The van der Waals surface area contributed by atoms with E-state index in [4.69, 9.17) is 0 Å². The molecule has 2 nitrogen and oxygen atoms in total. The molecular weight excluding hydrogens is 308 g/mol. The number of methoxy groups -OCH3 is 1. The molecule has 0 spiro atoms. The Hall–Kier alpha value is -2.09. The van der Waals surface area contributed by atoms with E-state index < -0.39 is 0 Å². The lowest BCUT2D eigenvalue weighted by molar-refractivity contribution is -0.140. The van der Waals surface area contributed by atoms with Gasteiger partial charge in [-0.2, -0.15) is 0 Å². The molecule has 0 N–H and O–H groups in total. The molecule has 0 unspecified atom stereocenters. The Bertz CT molecular complexity index is 476. The van der Waals surface area contributed by atoms with E-state index in [9.17, 15) is 4.79 Å². The van der Waals surface area contributed by atoms with Crippen LogP contribution in [0.1, 0.15) is 58.3 Å². The molecule has 0 radical (unpaired) electrons. The minimum atomic E-state index is -0.153.